The molecule has 1 atom stereocenters. The fourth-order valence-electron chi connectivity index (χ4n) is 3.13. The largest absolute Gasteiger partial charge is 0.507 e. The van der Waals surface area contributed by atoms with E-state index in [9.17, 15) is 24.7 Å². The van der Waals surface area contributed by atoms with Gasteiger partial charge in [0.25, 0.3) is 5.91 Å². The van der Waals surface area contributed by atoms with Gasteiger partial charge in [-0.2, -0.15) is 0 Å². The van der Waals surface area contributed by atoms with E-state index in [-0.39, 0.29) is 24.1 Å². The molecule has 1 aromatic heterocycles. The lowest BCUT2D eigenvalue weighted by molar-refractivity contribution is 0.0693. The number of carboxylic acids is 1. The number of thiazole rings is 1. The maximum Gasteiger partial charge on any atom is 0.456 e. The zero-order valence-electron chi connectivity index (χ0n) is 16.9. The van der Waals surface area contributed by atoms with Crippen LogP contribution >= 0.6 is 11.3 Å². The van der Waals surface area contributed by atoms with Gasteiger partial charge in [0.05, 0.1) is 0 Å². The first kappa shape index (κ1) is 23.3. The summed E-state index contributed by atoms with van der Waals surface area (Å²) in [6.45, 7) is 0.403. The van der Waals surface area contributed by atoms with Crippen LogP contribution in [0.5, 0.6) is 5.75 Å². The molecule has 1 amide bonds. The molecule has 2 aromatic carbocycles. The quantitative estimate of drug-likeness (QED) is 0.254. The van der Waals surface area contributed by atoms with Gasteiger partial charge in [-0.25, -0.2) is 9.78 Å². The first-order valence-electron chi connectivity index (χ1n) is 9.76. The monoisotopic (exact) mass is 455 g/mol. The second kappa shape index (κ2) is 10.8. The Labute approximate surface area is 188 Å². The molecule has 0 bridgehead atoms. The molecular formula is C21H22BN3O6S. The lowest BCUT2D eigenvalue weighted by Crippen LogP contribution is -2.35. The number of hydrogen-bond donors (Lipinski definition) is 6. The van der Waals surface area contributed by atoms with Crippen LogP contribution in [0.2, 0.25) is 5.82 Å². The predicted molar refractivity (Wildman–Crippen MR) is 121 cm³/mol. The highest BCUT2D eigenvalue weighted by Gasteiger charge is 2.26. The van der Waals surface area contributed by atoms with E-state index in [2.05, 4.69) is 15.6 Å². The van der Waals surface area contributed by atoms with Crippen LogP contribution in [-0.4, -0.2) is 50.8 Å². The van der Waals surface area contributed by atoms with E-state index in [4.69, 9.17) is 5.11 Å². The Morgan fingerprint density at radius 2 is 1.94 bits per heavy atom. The van der Waals surface area contributed by atoms with Crippen LogP contribution in [0.3, 0.4) is 0 Å². The molecule has 1 heterocycles. The van der Waals surface area contributed by atoms with E-state index in [0.717, 1.165) is 10.7 Å². The van der Waals surface area contributed by atoms with Crippen LogP contribution in [-0.2, 0) is 13.0 Å². The number of aromatic nitrogens is 1. The van der Waals surface area contributed by atoms with Crippen molar-refractivity contribution in [3.05, 3.63) is 76.3 Å². The van der Waals surface area contributed by atoms with Gasteiger partial charge in [0.2, 0.25) is 0 Å². The Hall–Kier alpha value is -3.41. The lowest BCUT2D eigenvalue weighted by atomic mass is 9.69. The number of carbonyl (C=O) groups excluding carboxylic acids is 1. The van der Waals surface area contributed by atoms with E-state index < -0.39 is 30.6 Å². The van der Waals surface area contributed by atoms with Crippen molar-refractivity contribution in [1.29, 1.82) is 0 Å². The molecular weight excluding hydrogens is 433 g/mol. The second-order valence-corrected chi connectivity index (χ2v) is 7.99. The number of amides is 1. The number of benzene rings is 2. The average molecular weight is 455 g/mol. The summed E-state index contributed by atoms with van der Waals surface area (Å²) in [4.78, 5) is 27.9. The smallest absolute Gasteiger partial charge is 0.456 e. The highest BCUT2D eigenvalue weighted by atomic mass is 32.1. The van der Waals surface area contributed by atoms with Gasteiger partial charge in [-0.1, -0.05) is 24.3 Å². The van der Waals surface area contributed by atoms with Gasteiger partial charge in [-0.3, -0.25) is 4.79 Å². The zero-order chi connectivity index (χ0) is 23.1. The van der Waals surface area contributed by atoms with Crippen molar-refractivity contribution in [2.45, 2.75) is 18.8 Å². The number of para-hydroxylation sites is 1. The molecule has 3 aromatic rings. The van der Waals surface area contributed by atoms with E-state index in [1.54, 1.807) is 24.4 Å². The number of anilines is 1. The Kier molecular flexibility index (Phi) is 7.82. The molecule has 32 heavy (non-hydrogen) atoms. The second-order valence-electron chi connectivity index (χ2n) is 7.10. The summed E-state index contributed by atoms with van der Waals surface area (Å²) in [6.07, 6.45) is 1.66. The van der Waals surface area contributed by atoms with Gasteiger partial charge in [0.15, 0.2) is 5.13 Å². The van der Waals surface area contributed by atoms with Gasteiger partial charge in [0, 0.05) is 36.0 Å². The normalized spacial score (nSPS) is 11.6. The fourth-order valence-corrected chi connectivity index (χ4v) is 3.66. The molecule has 11 heteroatoms. The summed E-state index contributed by atoms with van der Waals surface area (Å²) in [5.74, 6) is -2.97. The summed E-state index contributed by atoms with van der Waals surface area (Å²) in [6, 6.07) is 11.2. The topological polar surface area (TPSA) is 152 Å². The van der Waals surface area contributed by atoms with Gasteiger partial charge in [0.1, 0.15) is 11.3 Å². The number of aromatic hydroxyl groups is 1. The summed E-state index contributed by atoms with van der Waals surface area (Å²) >= 11 is 1.47. The highest BCUT2D eigenvalue weighted by Crippen LogP contribution is 2.27. The number of hydrogen-bond acceptors (Lipinski definition) is 8. The Bertz CT molecular complexity index is 1080. The third-order valence-corrected chi connectivity index (χ3v) is 5.57. The maximum atomic E-state index is 12.6. The summed E-state index contributed by atoms with van der Waals surface area (Å²) in [5, 5.41) is 47.2. The Morgan fingerprint density at radius 1 is 1.16 bits per heavy atom. The Balaban J connectivity index is 1.62. The number of rotatable bonds is 10. The average Bonchev–Trinajstić information content (AvgIpc) is 3.29. The predicted octanol–water partition coefficient (Wildman–Crippen LogP) is 1.97. The van der Waals surface area contributed by atoms with Gasteiger partial charge in [-0.05, 0) is 35.7 Å². The molecule has 0 aliphatic carbocycles. The van der Waals surface area contributed by atoms with Crippen LogP contribution in [0.15, 0.2) is 54.0 Å². The first-order chi connectivity index (χ1) is 15.3. The molecule has 0 saturated carbocycles. The van der Waals surface area contributed by atoms with E-state index in [1.165, 1.54) is 29.5 Å². The molecule has 9 nitrogen and oxygen atoms in total. The number of carbonyl (C=O) groups is 2. The number of nitrogens with zero attached hydrogens (tertiary/aromatic N) is 1. The van der Waals surface area contributed by atoms with Crippen LogP contribution in [0.1, 0.15) is 31.8 Å². The van der Waals surface area contributed by atoms with Gasteiger partial charge >= 0.3 is 13.1 Å². The molecule has 0 spiro atoms. The number of nitrogens with one attached hydrogen (secondary N) is 2. The van der Waals surface area contributed by atoms with Crippen LogP contribution < -0.4 is 10.6 Å². The molecule has 0 aliphatic rings. The van der Waals surface area contributed by atoms with Crippen LogP contribution in [0.4, 0.5) is 5.13 Å². The standard InChI is InChI=1S/C21H22BN3O6S/c26-18-14(4-2-6-17(18)20(28)29)10-16(22(30)31)12-24-19(27)15-5-1-3-13(9-15)11-25-21-23-7-8-32-21/h1-9,16,26,30-31H,10-12H2,(H,23,25)(H,24,27)(H,28,29)/t16-/m1/s1. The Morgan fingerprint density at radius 3 is 2.62 bits per heavy atom. The molecule has 0 aliphatic heterocycles. The van der Waals surface area contributed by atoms with Crippen molar-refractivity contribution >= 4 is 35.5 Å². The lowest BCUT2D eigenvalue weighted by Gasteiger charge is -2.18. The van der Waals surface area contributed by atoms with E-state index in [1.807, 2.05) is 11.4 Å². The molecule has 0 fully saturated rings. The fraction of sp³-hybridized carbons (Fsp3) is 0.190. The van der Waals surface area contributed by atoms with Crippen molar-refractivity contribution in [2.75, 3.05) is 11.9 Å². The minimum Gasteiger partial charge on any atom is -0.507 e. The molecule has 6 N–H and O–H groups in total. The number of carboxylic acid groups (broad SMARTS) is 1. The van der Waals surface area contributed by atoms with E-state index >= 15 is 0 Å². The number of aromatic carboxylic acids is 1. The summed E-state index contributed by atoms with van der Waals surface area (Å²) < 4.78 is 0. The van der Waals surface area contributed by atoms with E-state index in [0.29, 0.717) is 12.1 Å². The van der Waals surface area contributed by atoms with Gasteiger partial charge < -0.3 is 30.9 Å². The van der Waals surface area contributed by atoms with Crippen LogP contribution in [0, 0.1) is 0 Å². The van der Waals surface area contributed by atoms with Crippen molar-refractivity contribution in [3.8, 4) is 5.75 Å². The minimum atomic E-state index is -1.78. The first-order valence-corrected chi connectivity index (χ1v) is 10.6. The molecule has 0 unspecified atom stereocenters. The number of phenols is 1. The van der Waals surface area contributed by atoms with Crippen molar-refractivity contribution in [2.24, 2.45) is 0 Å². The zero-order valence-corrected chi connectivity index (χ0v) is 17.7. The highest BCUT2D eigenvalue weighted by molar-refractivity contribution is 7.13. The van der Waals surface area contributed by atoms with Crippen molar-refractivity contribution in [3.63, 3.8) is 0 Å². The summed E-state index contributed by atoms with van der Waals surface area (Å²) in [5.41, 5.74) is 1.25. The van der Waals surface area contributed by atoms with Crippen molar-refractivity contribution in [1.82, 2.24) is 10.3 Å². The van der Waals surface area contributed by atoms with Crippen molar-refractivity contribution < 1.29 is 29.9 Å². The molecule has 0 saturated heterocycles. The SMILES string of the molecule is O=C(NC[C@@H](Cc1cccc(C(=O)O)c1O)B(O)O)c1cccc(CNc2nccs2)c1. The molecule has 166 valence electrons. The van der Waals surface area contributed by atoms with Gasteiger partial charge in [-0.15, -0.1) is 11.3 Å². The van der Waals surface area contributed by atoms with Crippen LogP contribution in [0.25, 0.3) is 0 Å². The minimum absolute atomic E-state index is 0.0390. The maximum absolute atomic E-state index is 12.6. The third kappa shape index (κ3) is 6.07. The third-order valence-electron chi connectivity index (χ3n) is 4.84. The summed E-state index contributed by atoms with van der Waals surface area (Å²) in [7, 11) is -1.78. The molecule has 0 radical (unpaired) electrons. The molecule has 3 rings (SSSR count).